The van der Waals surface area contributed by atoms with Crippen LogP contribution in [0.5, 0.6) is 23.3 Å². The van der Waals surface area contributed by atoms with Crippen molar-refractivity contribution in [1.29, 1.82) is 0 Å². The molecule has 0 saturated carbocycles. The molecule has 0 unspecified atom stereocenters. The lowest BCUT2D eigenvalue weighted by Gasteiger charge is -2.19. The summed E-state index contributed by atoms with van der Waals surface area (Å²) in [5, 5.41) is 8.40. The fourth-order valence-corrected chi connectivity index (χ4v) is 5.09. The van der Waals surface area contributed by atoms with E-state index in [1.165, 1.54) is 46.3 Å². The molecule has 4 aromatic rings. The maximum absolute atomic E-state index is 13.5. The van der Waals surface area contributed by atoms with Crippen LogP contribution < -0.4 is 23.7 Å². The highest BCUT2D eigenvalue weighted by Crippen LogP contribution is 2.38. The van der Waals surface area contributed by atoms with E-state index >= 15 is 0 Å². The largest absolute Gasteiger partial charge is 0.494 e. The fraction of sp³-hybridized carbons (Fsp3) is 0.320. The quantitative estimate of drug-likeness (QED) is 0.265. The number of aryl methyl sites for hydroxylation is 1. The van der Waals surface area contributed by atoms with Crippen LogP contribution in [-0.4, -0.2) is 79.4 Å². The van der Waals surface area contributed by atoms with E-state index in [2.05, 4.69) is 29.9 Å². The van der Waals surface area contributed by atoms with Crippen molar-refractivity contribution in [2.24, 2.45) is 0 Å². The molecule has 0 saturated heterocycles. The number of rotatable bonds is 12. The van der Waals surface area contributed by atoms with Crippen molar-refractivity contribution in [2.75, 3.05) is 46.0 Å². The Morgan fingerprint density at radius 2 is 1.60 bits per heavy atom. The molecule has 1 N–H and O–H groups in total. The van der Waals surface area contributed by atoms with E-state index in [0.717, 1.165) is 0 Å². The Morgan fingerprint density at radius 1 is 0.900 bits per heavy atom. The van der Waals surface area contributed by atoms with Gasteiger partial charge in [-0.2, -0.15) is 0 Å². The summed E-state index contributed by atoms with van der Waals surface area (Å²) in [6.07, 6.45) is 0.499. The van der Waals surface area contributed by atoms with Gasteiger partial charge in [-0.3, -0.25) is 14.3 Å². The average molecular weight is 572 g/mol. The third-order valence-corrected chi connectivity index (χ3v) is 6.97. The van der Waals surface area contributed by atoms with Gasteiger partial charge in [0, 0.05) is 19.4 Å². The lowest BCUT2D eigenvalue weighted by Crippen LogP contribution is -2.25. The minimum atomic E-state index is -4.13. The van der Waals surface area contributed by atoms with Crippen LogP contribution in [0.3, 0.4) is 0 Å². The van der Waals surface area contributed by atoms with E-state index in [9.17, 15) is 8.42 Å². The zero-order valence-corrected chi connectivity index (χ0v) is 23.6. The molecule has 0 aliphatic rings. The van der Waals surface area contributed by atoms with Crippen molar-refractivity contribution in [1.82, 2.24) is 29.7 Å². The summed E-state index contributed by atoms with van der Waals surface area (Å²) in [5.41, 5.74) is 1.55. The monoisotopic (exact) mass is 571 g/mol. The minimum absolute atomic E-state index is 0.140. The smallest absolute Gasteiger partial charge is 0.243 e. The Balaban J connectivity index is 1.82. The molecular formula is C25H29N7O7S. The predicted octanol–water partition coefficient (Wildman–Crippen LogP) is 2.59. The molecule has 0 bridgehead atoms. The molecule has 0 amide bonds. The number of sulfonamides is 1. The molecule has 14 nitrogen and oxygen atoms in total. The van der Waals surface area contributed by atoms with Crippen molar-refractivity contribution >= 4 is 16.0 Å². The van der Waals surface area contributed by atoms with Crippen LogP contribution in [0.2, 0.25) is 0 Å². The number of ether oxygens (including phenoxy) is 5. The molecule has 15 heteroatoms. The van der Waals surface area contributed by atoms with Gasteiger partial charge in [0.2, 0.25) is 27.7 Å². The van der Waals surface area contributed by atoms with Crippen LogP contribution in [0.1, 0.15) is 17.5 Å². The van der Waals surface area contributed by atoms with Crippen LogP contribution in [0, 0.1) is 6.92 Å². The Hall–Kier alpha value is -4.50. The molecule has 40 heavy (non-hydrogen) atoms. The molecule has 212 valence electrons. The van der Waals surface area contributed by atoms with Crippen LogP contribution in [0.15, 0.2) is 42.6 Å². The summed E-state index contributed by atoms with van der Waals surface area (Å²) < 4.78 is 58.1. The first-order valence-electron chi connectivity index (χ1n) is 11.8. The first-order chi connectivity index (χ1) is 19.2. The maximum Gasteiger partial charge on any atom is 0.243 e. The third kappa shape index (κ3) is 5.89. The van der Waals surface area contributed by atoms with Crippen LogP contribution in [-0.2, 0) is 14.8 Å². The van der Waals surface area contributed by atoms with Crippen LogP contribution >= 0.6 is 0 Å². The Bertz CT molecular complexity index is 1570. The van der Waals surface area contributed by atoms with E-state index in [-0.39, 0.29) is 23.3 Å². The van der Waals surface area contributed by atoms with E-state index < -0.39 is 21.9 Å². The second-order valence-electron chi connectivity index (χ2n) is 8.27. The highest BCUT2D eigenvalue weighted by Gasteiger charge is 2.29. The fourth-order valence-electron chi connectivity index (χ4n) is 3.91. The van der Waals surface area contributed by atoms with Crippen LogP contribution in [0.4, 0.5) is 5.95 Å². The molecule has 3 heterocycles. The lowest BCUT2D eigenvalue weighted by molar-refractivity contribution is 0.114. The normalized spacial score (nSPS) is 12.1. The predicted molar refractivity (Wildman–Crippen MR) is 145 cm³/mol. The molecule has 1 aromatic carbocycles. The van der Waals surface area contributed by atoms with Gasteiger partial charge in [0.05, 0.1) is 34.1 Å². The molecule has 0 fully saturated rings. The number of pyridine rings is 1. The molecule has 3 aromatic heterocycles. The van der Waals surface area contributed by atoms with Crippen molar-refractivity contribution in [2.45, 2.75) is 13.0 Å². The number of methoxy groups -OCH3 is 5. The zero-order valence-electron chi connectivity index (χ0n) is 22.8. The number of para-hydroxylation sites is 1. The second kappa shape index (κ2) is 12.1. The van der Waals surface area contributed by atoms with Gasteiger partial charge in [0.25, 0.3) is 0 Å². The van der Waals surface area contributed by atoms with Gasteiger partial charge in [-0.1, -0.05) is 12.1 Å². The Morgan fingerprint density at radius 3 is 2.23 bits per heavy atom. The number of benzene rings is 1. The van der Waals surface area contributed by atoms with Gasteiger partial charge in [-0.25, -0.2) is 18.4 Å². The number of nitrogens with one attached hydrogen (secondary N) is 1. The maximum atomic E-state index is 13.5. The number of hydrogen-bond acceptors (Lipinski definition) is 12. The average Bonchev–Trinajstić information content (AvgIpc) is 3.37. The number of aromatic nitrogens is 6. The van der Waals surface area contributed by atoms with Gasteiger partial charge < -0.3 is 23.7 Å². The van der Waals surface area contributed by atoms with E-state index in [1.807, 2.05) is 0 Å². The SMILES string of the molecule is COc1cccc(-c2nnc(NS(=O)(=O)C[C@H](OC)c3ncc(C)nc3OC)n2-c2c(OC)cccc2OC)n1. The Kier molecular flexibility index (Phi) is 8.64. The van der Waals surface area contributed by atoms with Gasteiger partial charge in [-0.15, -0.1) is 10.2 Å². The summed E-state index contributed by atoms with van der Waals surface area (Å²) in [7, 11) is 3.11. The van der Waals surface area contributed by atoms with Crippen molar-refractivity contribution in [3.05, 3.63) is 54.0 Å². The Labute approximate surface area is 231 Å². The van der Waals surface area contributed by atoms with Crippen molar-refractivity contribution in [3.8, 4) is 40.5 Å². The topological polar surface area (TPSA) is 162 Å². The second-order valence-corrected chi connectivity index (χ2v) is 10.0. The van der Waals surface area contributed by atoms with E-state index in [1.54, 1.807) is 43.3 Å². The molecule has 0 spiro atoms. The van der Waals surface area contributed by atoms with Crippen molar-refractivity contribution in [3.63, 3.8) is 0 Å². The molecular weight excluding hydrogens is 542 g/mol. The number of hydrogen-bond donors (Lipinski definition) is 1. The summed E-state index contributed by atoms with van der Waals surface area (Å²) in [6, 6.07) is 10.2. The van der Waals surface area contributed by atoms with E-state index in [0.29, 0.717) is 34.5 Å². The molecule has 1 atom stereocenters. The highest BCUT2D eigenvalue weighted by molar-refractivity contribution is 7.92. The molecule has 0 aliphatic heterocycles. The standard InChI is InChI=1S/C25H29N7O7S/c1-15-13-26-21(24(27-15)39-6)19(37-4)14-40(33,34)31-25-30-29-23(16-9-7-12-20(28-16)38-5)32(25)22-17(35-2)10-8-11-18(22)36-3/h7-13,19H,14H2,1-6H3,(H,30,31)/t19-/m0/s1. The summed E-state index contributed by atoms with van der Waals surface area (Å²) in [6.45, 7) is 1.74. The molecule has 0 radical (unpaired) electrons. The molecule has 4 rings (SSSR count). The van der Waals surface area contributed by atoms with Gasteiger partial charge in [0.1, 0.15) is 40.4 Å². The van der Waals surface area contributed by atoms with Crippen LogP contribution in [0.25, 0.3) is 17.2 Å². The third-order valence-electron chi connectivity index (χ3n) is 5.74. The number of anilines is 1. The summed E-state index contributed by atoms with van der Waals surface area (Å²) in [5.74, 6) is 0.775. The number of nitrogens with zero attached hydrogens (tertiary/aromatic N) is 6. The first-order valence-corrected chi connectivity index (χ1v) is 13.5. The summed E-state index contributed by atoms with van der Waals surface area (Å²) in [4.78, 5) is 13.0. The van der Waals surface area contributed by atoms with Gasteiger partial charge in [-0.05, 0) is 25.1 Å². The van der Waals surface area contributed by atoms with Crippen molar-refractivity contribution < 1.29 is 32.1 Å². The molecule has 0 aliphatic carbocycles. The van der Waals surface area contributed by atoms with E-state index in [4.69, 9.17) is 23.7 Å². The van der Waals surface area contributed by atoms with Gasteiger partial charge >= 0.3 is 0 Å². The summed E-state index contributed by atoms with van der Waals surface area (Å²) >= 11 is 0. The minimum Gasteiger partial charge on any atom is -0.494 e. The highest BCUT2D eigenvalue weighted by atomic mass is 32.2. The first kappa shape index (κ1) is 28.5. The van der Waals surface area contributed by atoms with Gasteiger partial charge in [0.15, 0.2) is 5.82 Å². The lowest BCUT2D eigenvalue weighted by atomic mass is 10.2. The zero-order chi connectivity index (χ0) is 28.9.